The average molecular weight is 390 g/mol. The molecule has 1 aromatic carbocycles. The molecule has 0 aliphatic heterocycles. The smallest absolute Gasteiger partial charge is 0.317 e. The first-order valence-electron chi connectivity index (χ1n) is 9.67. The van der Waals surface area contributed by atoms with Crippen LogP contribution in [0.3, 0.4) is 0 Å². The molecule has 1 aromatic heterocycles. The van der Waals surface area contributed by atoms with Crippen LogP contribution in [0.1, 0.15) is 43.2 Å². The molecular weight excluding hydrogens is 362 g/mol. The minimum absolute atomic E-state index is 0.0562. The molecule has 1 N–H and O–H groups in total. The lowest BCUT2D eigenvalue weighted by Gasteiger charge is -2.28. The van der Waals surface area contributed by atoms with E-state index in [4.69, 9.17) is 16.3 Å². The van der Waals surface area contributed by atoms with E-state index in [0.717, 1.165) is 34.9 Å². The number of benzene rings is 1. The number of amides is 2. The van der Waals surface area contributed by atoms with Crippen molar-refractivity contribution in [2.24, 2.45) is 0 Å². The molecule has 0 unspecified atom stereocenters. The number of hydrogen-bond acceptors (Lipinski definition) is 3. The number of halogens is 1. The van der Waals surface area contributed by atoms with Crippen molar-refractivity contribution in [3.8, 4) is 0 Å². The van der Waals surface area contributed by atoms with Gasteiger partial charge < -0.3 is 15.0 Å². The Bertz CT molecular complexity index is 790. The van der Waals surface area contributed by atoms with Crippen LogP contribution >= 0.6 is 11.6 Å². The van der Waals surface area contributed by atoms with E-state index in [1.165, 1.54) is 19.3 Å². The van der Waals surface area contributed by atoms with Gasteiger partial charge in [0.2, 0.25) is 0 Å². The standard InChI is InChI=1S/C21H28ClN3O2/c1-15-7-6-8-16-13-17(20(22)24-19(15)16)14-25(11-12-27-2)21(26)23-18-9-4-3-5-10-18/h6-8,13,18H,3-5,9-12,14H2,1-2H3,(H,23,26). The summed E-state index contributed by atoms with van der Waals surface area (Å²) in [5, 5.41) is 4.67. The van der Waals surface area contributed by atoms with Crippen molar-refractivity contribution >= 4 is 28.5 Å². The van der Waals surface area contributed by atoms with E-state index in [9.17, 15) is 4.79 Å². The molecule has 2 amide bonds. The van der Waals surface area contributed by atoms with Crippen LogP contribution in [0.4, 0.5) is 4.79 Å². The van der Waals surface area contributed by atoms with E-state index in [2.05, 4.69) is 10.3 Å². The van der Waals surface area contributed by atoms with Gasteiger partial charge in [0, 0.05) is 30.6 Å². The maximum Gasteiger partial charge on any atom is 0.317 e. The minimum atomic E-state index is -0.0562. The van der Waals surface area contributed by atoms with Gasteiger partial charge in [0.15, 0.2) is 0 Å². The quantitative estimate of drug-likeness (QED) is 0.729. The van der Waals surface area contributed by atoms with Crippen LogP contribution in [0, 0.1) is 6.92 Å². The van der Waals surface area contributed by atoms with Crippen LogP contribution in [-0.4, -0.2) is 42.2 Å². The first-order valence-corrected chi connectivity index (χ1v) is 10.1. The fraction of sp³-hybridized carbons (Fsp3) is 0.524. The molecule has 6 heteroatoms. The van der Waals surface area contributed by atoms with Crippen LogP contribution in [-0.2, 0) is 11.3 Å². The molecule has 0 radical (unpaired) electrons. The monoisotopic (exact) mass is 389 g/mol. The van der Waals surface area contributed by atoms with Crippen molar-refractivity contribution in [3.05, 3.63) is 40.5 Å². The summed E-state index contributed by atoms with van der Waals surface area (Å²) < 4.78 is 5.20. The number of pyridine rings is 1. The Morgan fingerprint density at radius 2 is 2.11 bits per heavy atom. The van der Waals surface area contributed by atoms with Crippen LogP contribution in [0.2, 0.25) is 5.15 Å². The van der Waals surface area contributed by atoms with Gasteiger partial charge >= 0.3 is 6.03 Å². The number of nitrogens with one attached hydrogen (secondary N) is 1. The topological polar surface area (TPSA) is 54.5 Å². The van der Waals surface area contributed by atoms with Crippen molar-refractivity contribution in [1.29, 1.82) is 0 Å². The number of carbonyl (C=O) groups is 1. The second-order valence-electron chi connectivity index (χ2n) is 7.28. The van der Waals surface area contributed by atoms with Crippen molar-refractivity contribution < 1.29 is 9.53 Å². The molecule has 1 fully saturated rings. The molecule has 5 nitrogen and oxygen atoms in total. The van der Waals surface area contributed by atoms with Gasteiger partial charge in [-0.1, -0.05) is 49.1 Å². The lowest BCUT2D eigenvalue weighted by atomic mass is 9.96. The first-order chi connectivity index (χ1) is 13.1. The van der Waals surface area contributed by atoms with E-state index in [1.807, 2.05) is 31.2 Å². The second-order valence-corrected chi connectivity index (χ2v) is 7.64. The largest absolute Gasteiger partial charge is 0.383 e. The summed E-state index contributed by atoms with van der Waals surface area (Å²) in [4.78, 5) is 19.2. The Labute approximate surface area is 166 Å². The van der Waals surface area contributed by atoms with E-state index in [0.29, 0.717) is 24.8 Å². The third-order valence-electron chi connectivity index (χ3n) is 5.22. The molecule has 2 aromatic rings. The predicted molar refractivity (Wildman–Crippen MR) is 109 cm³/mol. The number of hydrogen-bond donors (Lipinski definition) is 1. The third kappa shape index (κ3) is 5.11. The average Bonchev–Trinajstić information content (AvgIpc) is 2.67. The summed E-state index contributed by atoms with van der Waals surface area (Å²) in [5.74, 6) is 0. The molecule has 1 saturated carbocycles. The van der Waals surface area contributed by atoms with E-state index < -0.39 is 0 Å². The number of carbonyl (C=O) groups excluding carboxylic acids is 1. The zero-order valence-electron chi connectivity index (χ0n) is 16.1. The van der Waals surface area contributed by atoms with E-state index in [-0.39, 0.29) is 12.1 Å². The highest BCUT2D eigenvalue weighted by Gasteiger charge is 2.21. The van der Waals surface area contributed by atoms with Crippen LogP contribution < -0.4 is 5.32 Å². The Hall–Kier alpha value is -1.85. The zero-order valence-corrected chi connectivity index (χ0v) is 16.9. The number of methoxy groups -OCH3 is 1. The van der Waals surface area contributed by atoms with Gasteiger partial charge in [0.25, 0.3) is 0 Å². The Morgan fingerprint density at radius 1 is 1.33 bits per heavy atom. The lowest BCUT2D eigenvalue weighted by molar-refractivity contribution is 0.143. The van der Waals surface area contributed by atoms with Gasteiger partial charge in [-0.15, -0.1) is 0 Å². The number of aryl methyl sites for hydroxylation is 1. The predicted octanol–water partition coefficient (Wildman–Crippen LogP) is 4.69. The molecule has 1 aliphatic carbocycles. The molecular formula is C21H28ClN3O2. The maximum absolute atomic E-state index is 12.8. The fourth-order valence-corrected chi connectivity index (χ4v) is 3.85. The van der Waals surface area contributed by atoms with E-state index >= 15 is 0 Å². The molecule has 27 heavy (non-hydrogen) atoms. The minimum Gasteiger partial charge on any atom is -0.383 e. The molecule has 3 rings (SSSR count). The highest BCUT2D eigenvalue weighted by molar-refractivity contribution is 6.30. The Kier molecular flexibility index (Phi) is 6.91. The normalized spacial score (nSPS) is 15.1. The van der Waals surface area contributed by atoms with Crippen molar-refractivity contribution in [2.45, 2.75) is 51.6 Å². The summed E-state index contributed by atoms with van der Waals surface area (Å²) in [6.07, 6.45) is 5.74. The zero-order chi connectivity index (χ0) is 19.2. The van der Waals surface area contributed by atoms with Crippen LogP contribution in [0.15, 0.2) is 24.3 Å². The highest BCUT2D eigenvalue weighted by atomic mass is 35.5. The van der Waals surface area contributed by atoms with Gasteiger partial charge in [-0.25, -0.2) is 9.78 Å². The number of ether oxygens (including phenoxy) is 1. The van der Waals surface area contributed by atoms with E-state index in [1.54, 1.807) is 12.0 Å². The molecule has 0 saturated heterocycles. The number of aromatic nitrogens is 1. The summed E-state index contributed by atoms with van der Waals surface area (Å²) in [7, 11) is 1.64. The number of rotatable bonds is 6. The maximum atomic E-state index is 12.8. The number of para-hydroxylation sites is 1. The first kappa shape index (κ1) is 19.9. The van der Waals surface area contributed by atoms with Crippen LogP contribution in [0.5, 0.6) is 0 Å². The molecule has 1 heterocycles. The SMILES string of the molecule is COCCN(Cc1cc2cccc(C)c2nc1Cl)C(=O)NC1CCCCC1. The molecule has 1 aliphatic rings. The van der Waals surface area contributed by atoms with Gasteiger partial charge in [-0.2, -0.15) is 0 Å². The summed E-state index contributed by atoms with van der Waals surface area (Å²) in [6, 6.07) is 8.30. The van der Waals surface area contributed by atoms with Crippen molar-refractivity contribution in [3.63, 3.8) is 0 Å². The third-order valence-corrected chi connectivity index (χ3v) is 5.55. The fourth-order valence-electron chi connectivity index (χ4n) is 3.65. The number of urea groups is 1. The molecule has 0 spiro atoms. The molecule has 146 valence electrons. The lowest BCUT2D eigenvalue weighted by Crippen LogP contribution is -2.46. The summed E-state index contributed by atoms with van der Waals surface area (Å²) >= 11 is 6.45. The Morgan fingerprint density at radius 3 is 2.85 bits per heavy atom. The van der Waals surface area contributed by atoms with Gasteiger partial charge in [-0.3, -0.25) is 0 Å². The van der Waals surface area contributed by atoms with Crippen LogP contribution in [0.25, 0.3) is 10.9 Å². The summed E-state index contributed by atoms with van der Waals surface area (Å²) in [6.45, 7) is 3.43. The van der Waals surface area contributed by atoms with Crippen molar-refractivity contribution in [1.82, 2.24) is 15.2 Å². The van der Waals surface area contributed by atoms with Crippen molar-refractivity contribution in [2.75, 3.05) is 20.3 Å². The van der Waals surface area contributed by atoms with Gasteiger partial charge in [0.05, 0.1) is 18.7 Å². The number of fused-ring (bicyclic) bond motifs is 1. The highest BCUT2D eigenvalue weighted by Crippen LogP contribution is 2.24. The van der Waals surface area contributed by atoms with Gasteiger partial charge in [0.1, 0.15) is 5.15 Å². The van der Waals surface area contributed by atoms with Gasteiger partial charge in [-0.05, 0) is 31.4 Å². The molecule has 0 atom stereocenters. The summed E-state index contributed by atoms with van der Waals surface area (Å²) in [5.41, 5.74) is 2.85. The Balaban J connectivity index is 1.78. The second kappa shape index (κ2) is 9.38. The molecule has 0 bridgehead atoms. The number of nitrogens with zero attached hydrogens (tertiary/aromatic N) is 2.